The summed E-state index contributed by atoms with van der Waals surface area (Å²) < 4.78 is 5.71. The minimum Gasteiger partial charge on any atom is -0.489 e. The number of carbonyl (C=O) groups excluding carboxylic acids is 1. The molecule has 0 spiro atoms. The number of ether oxygens (including phenoxy) is 1. The number of hydrogen-bond acceptors (Lipinski definition) is 2. The Morgan fingerprint density at radius 3 is 2.23 bits per heavy atom. The maximum Gasteiger partial charge on any atom is 0.251 e. The molecule has 1 amide bonds. The van der Waals surface area contributed by atoms with Crippen LogP contribution in [-0.4, -0.2) is 11.9 Å². The molecule has 22 heavy (non-hydrogen) atoms. The van der Waals surface area contributed by atoms with Gasteiger partial charge in [0.15, 0.2) is 0 Å². The Morgan fingerprint density at radius 2 is 1.64 bits per heavy atom. The second-order valence-corrected chi connectivity index (χ2v) is 5.80. The lowest BCUT2D eigenvalue weighted by Gasteiger charge is -2.17. The van der Waals surface area contributed by atoms with Crippen LogP contribution in [0.5, 0.6) is 5.75 Å². The Labute approximate surface area is 132 Å². The van der Waals surface area contributed by atoms with E-state index in [-0.39, 0.29) is 11.9 Å². The number of nitrogens with one attached hydrogen (secondary N) is 1. The number of carbonyl (C=O) groups is 1. The number of amides is 1. The minimum atomic E-state index is -0.0455. The molecule has 0 bridgehead atoms. The normalized spacial score (nSPS) is 12.0. The van der Waals surface area contributed by atoms with Gasteiger partial charge in [0.25, 0.3) is 5.91 Å². The quantitative estimate of drug-likeness (QED) is 0.874. The lowest BCUT2D eigenvalue weighted by Crippen LogP contribution is -2.36. The topological polar surface area (TPSA) is 38.3 Å². The van der Waals surface area contributed by atoms with Gasteiger partial charge in [-0.3, -0.25) is 4.79 Å². The molecule has 2 aromatic carbocycles. The number of hydrogen-bond donors (Lipinski definition) is 1. The fourth-order valence-corrected chi connectivity index (χ4v) is 1.90. The fraction of sp³-hybridized carbons (Fsp3) is 0.316. The molecule has 2 rings (SSSR count). The summed E-state index contributed by atoms with van der Waals surface area (Å²) in [5, 5.41) is 2.99. The first-order valence-corrected chi connectivity index (χ1v) is 7.64. The first-order chi connectivity index (χ1) is 10.6. The molecular formula is C19H23NO2. The van der Waals surface area contributed by atoms with Gasteiger partial charge in [0, 0.05) is 11.6 Å². The molecule has 0 aromatic heterocycles. The van der Waals surface area contributed by atoms with E-state index in [2.05, 4.69) is 19.2 Å². The summed E-state index contributed by atoms with van der Waals surface area (Å²) in [6.45, 7) is 6.72. The van der Waals surface area contributed by atoms with E-state index in [1.54, 1.807) is 12.1 Å². The Hall–Kier alpha value is -2.29. The second kappa shape index (κ2) is 7.64. The summed E-state index contributed by atoms with van der Waals surface area (Å²) in [4.78, 5) is 12.1. The second-order valence-electron chi connectivity index (χ2n) is 5.80. The van der Waals surface area contributed by atoms with Crippen molar-refractivity contribution in [1.29, 1.82) is 0 Å². The maximum atomic E-state index is 12.1. The highest BCUT2D eigenvalue weighted by Crippen LogP contribution is 2.14. The Balaban J connectivity index is 1.91. The van der Waals surface area contributed by atoms with Gasteiger partial charge in [-0.2, -0.15) is 0 Å². The standard InChI is InChI=1S/C19H23NO2/c1-14(2)15(3)20-19(21)17-9-11-18(12-10-17)22-13-16-7-5-4-6-8-16/h4-12,14-15H,13H2,1-3H3,(H,20,21). The highest BCUT2D eigenvalue weighted by Gasteiger charge is 2.12. The Bertz CT molecular complexity index is 591. The average molecular weight is 297 g/mol. The van der Waals surface area contributed by atoms with Crippen molar-refractivity contribution in [1.82, 2.24) is 5.32 Å². The van der Waals surface area contributed by atoms with Gasteiger partial charge in [0.1, 0.15) is 12.4 Å². The molecule has 0 heterocycles. The third-order valence-electron chi connectivity index (χ3n) is 3.72. The molecule has 0 aliphatic carbocycles. The van der Waals surface area contributed by atoms with Gasteiger partial charge in [0.2, 0.25) is 0 Å². The molecule has 0 aliphatic heterocycles. The molecule has 0 radical (unpaired) electrons. The molecule has 3 heteroatoms. The average Bonchev–Trinajstić information content (AvgIpc) is 2.54. The van der Waals surface area contributed by atoms with Crippen molar-refractivity contribution in [3.8, 4) is 5.75 Å². The lowest BCUT2D eigenvalue weighted by molar-refractivity contribution is 0.0930. The van der Waals surface area contributed by atoms with Crippen LogP contribution in [0.25, 0.3) is 0 Å². The highest BCUT2D eigenvalue weighted by molar-refractivity contribution is 5.94. The van der Waals surface area contributed by atoms with E-state index in [0.717, 1.165) is 11.3 Å². The zero-order valence-electron chi connectivity index (χ0n) is 13.4. The molecule has 0 saturated carbocycles. The first kappa shape index (κ1) is 16.1. The predicted octanol–water partition coefficient (Wildman–Crippen LogP) is 4.04. The number of rotatable bonds is 6. The van der Waals surface area contributed by atoms with Crippen LogP contribution in [0.2, 0.25) is 0 Å². The molecule has 1 atom stereocenters. The maximum absolute atomic E-state index is 12.1. The van der Waals surface area contributed by atoms with Crippen LogP contribution in [0.1, 0.15) is 36.7 Å². The van der Waals surface area contributed by atoms with E-state index in [4.69, 9.17) is 4.74 Å². The summed E-state index contributed by atoms with van der Waals surface area (Å²) in [5.41, 5.74) is 1.77. The van der Waals surface area contributed by atoms with Gasteiger partial charge in [0.05, 0.1) is 0 Å². The molecule has 0 saturated heterocycles. The van der Waals surface area contributed by atoms with Crippen molar-refractivity contribution in [2.45, 2.75) is 33.4 Å². The fourth-order valence-electron chi connectivity index (χ4n) is 1.90. The molecule has 1 unspecified atom stereocenters. The van der Waals surface area contributed by atoms with Crippen LogP contribution < -0.4 is 10.1 Å². The summed E-state index contributed by atoms with van der Waals surface area (Å²) in [7, 11) is 0. The van der Waals surface area contributed by atoms with Crippen molar-refractivity contribution in [3.63, 3.8) is 0 Å². The summed E-state index contributed by atoms with van der Waals surface area (Å²) in [6.07, 6.45) is 0. The third-order valence-corrected chi connectivity index (χ3v) is 3.72. The van der Waals surface area contributed by atoms with E-state index in [1.807, 2.05) is 49.4 Å². The molecule has 116 valence electrons. The van der Waals surface area contributed by atoms with Crippen LogP contribution in [0.3, 0.4) is 0 Å². The van der Waals surface area contributed by atoms with E-state index in [0.29, 0.717) is 18.1 Å². The van der Waals surface area contributed by atoms with Crippen molar-refractivity contribution >= 4 is 5.91 Å². The van der Waals surface area contributed by atoms with Gasteiger partial charge in [-0.1, -0.05) is 44.2 Å². The zero-order chi connectivity index (χ0) is 15.9. The first-order valence-electron chi connectivity index (χ1n) is 7.64. The number of benzene rings is 2. The van der Waals surface area contributed by atoms with Crippen LogP contribution in [0.15, 0.2) is 54.6 Å². The summed E-state index contributed by atoms with van der Waals surface area (Å²) in [5.74, 6) is 1.13. The van der Waals surface area contributed by atoms with Crippen molar-refractivity contribution in [2.75, 3.05) is 0 Å². The van der Waals surface area contributed by atoms with E-state index < -0.39 is 0 Å². The van der Waals surface area contributed by atoms with Gasteiger partial charge >= 0.3 is 0 Å². The zero-order valence-corrected chi connectivity index (χ0v) is 13.4. The smallest absolute Gasteiger partial charge is 0.251 e. The molecule has 1 N–H and O–H groups in total. The monoisotopic (exact) mass is 297 g/mol. The molecule has 3 nitrogen and oxygen atoms in total. The highest BCUT2D eigenvalue weighted by atomic mass is 16.5. The van der Waals surface area contributed by atoms with Crippen molar-refractivity contribution in [3.05, 3.63) is 65.7 Å². The SMILES string of the molecule is CC(C)C(C)NC(=O)c1ccc(OCc2ccccc2)cc1. The molecule has 0 fully saturated rings. The van der Waals surface area contributed by atoms with E-state index >= 15 is 0 Å². The largest absolute Gasteiger partial charge is 0.489 e. The van der Waals surface area contributed by atoms with Gasteiger partial charge in [-0.05, 0) is 42.7 Å². The summed E-state index contributed by atoms with van der Waals surface area (Å²) >= 11 is 0. The van der Waals surface area contributed by atoms with Crippen molar-refractivity contribution in [2.24, 2.45) is 5.92 Å². The van der Waals surface area contributed by atoms with Gasteiger partial charge < -0.3 is 10.1 Å². The van der Waals surface area contributed by atoms with E-state index in [9.17, 15) is 4.79 Å². The summed E-state index contributed by atoms with van der Waals surface area (Å²) in [6, 6.07) is 17.4. The predicted molar refractivity (Wildman–Crippen MR) is 89.0 cm³/mol. The Morgan fingerprint density at radius 1 is 1.00 bits per heavy atom. The Kier molecular flexibility index (Phi) is 5.59. The lowest BCUT2D eigenvalue weighted by atomic mass is 10.1. The van der Waals surface area contributed by atoms with Gasteiger partial charge in [-0.15, -0.1) is 0 Å². The molecule has 0 aliphatic rings. The van der Waals surface area contributed by atoms with Crippen LogP contribution in [-0.2, 0) is 6.61 Å². The van der Waals surface area contributed by atoms with Crippen molar-refractivity contribution < 1.29 is 9.53 Å². The minimum absolute atomic E-state index is 0.0455. The molecular weight excluding hydrogens is 274 g/mol. The third kappa shape index (κ3) is 4.62. The van der Waals surface area contributed by atoms with Crippen LogP contribution in [0, 0.1) is 5.92 Å². The van der Waals surface area contributed by atoms with Gasteiger partial charge in [-0.25, -0.2) is 0 Å². The van der Waals surface area contributed by atoms with Crippen LogP contribution in [0.4, 0.5) is 0 Å². The van der Waals surface area contributed by atoms with E-state index in [1.165, 1.54) is 0 Å². The van der Waals surface area contributed by atoms with Crippen LogP contribution >= 0.6 is 0 Å². The molecule has 2 aromatic rings.